The number of carbonyl (C=O) groups is 1. The highest BCUT2D eigenvalue weighted by Gasteiger charge is 2.35. The minimum Gasteiger partial charge on any atom is -0.378 e. The van der Waals surface area contributed by atoms with E-state index in [9.17, 15) is 9.59 Å². The molecule has 1 amide bonds. The number of carbonyl (C=O) groups excluding carboxylic acids is 1. The third kappa shape index (κ3) is 3.39. The van der Waals surface area contributed by atoms with Crippen molar-refractivity contribution in [3.63, 3.8) is 0 Å². The van der Waals surface area contributed by atoms with Crippen LogP contribution in [-0.2, 0) is 11.8 Å². The van der Waals surface area contributed by atoms with E-state index >= 15 is 0 Å². The number of aromatic nitrogens is 1. The summed E-state index contributed by atoms with van der Waals surface area (Å²) in [5.74, 6) is -0.341. The molecule has 0 spiro atoms. The molecule has 1 aliphatic rings. The van der Waals surface area contributed by atoms with Crippen molar-refractivity contribution in [1.29, 1.82) is 0 Å². The summed E-state index contributed by atoms with van der Waals surface area (Å²) in [7, 11) is 3.51. The van der Waals surface area contributed by atoms with E-state index in [1.807, 2.05) is 36.7 Å². The summed E-state index contributed by atoms with van der Waals surface area (Å²) in [5, 5.41) is 3.58. The normalized spacial score (nSPS) is 20.8. The van der Waals surface area contributed by atoms with Crippen LogP contribution < -0.4 is 10.7 Å². The molecule has 1 aromatic carbocycles. The molecule has 140 valence electrons. The van der Waals surface area contributed by atoms with Crippen molar-refractivity contribution >= 4 is 16.8 Å². The first-order valence-corrected chi connectivity index (χ1v) is 8.99. The summed E-state index contributed by atoms with van der Waals surface area (Å²) in [5.41, 5.74) is 1.75. The maximum atomic E-state index is 12.9. The molecule has 0 saturated carbocycles. The number of benzene rings is 1. The minimum atomic E-state index is -0.341. The fourth-order valence-electron chi connectivity index (χ4n) is 3.62. The number of nitrogens with one attached hydrogen (secondary N) is 1. The molecule has 1 saturated heterocycles. The molecule has 0 bridgehead atoms. The molecular weight excluding hydrogens is 330 g/mol. The lowest BCUT2D eigenvalue weighted by Crippen LogP contribution is -2.45. The molecule has 1 aliphatic heterocycles. The maximum absolute atomic E-state index is 12.9. The summed E-state index contributed by atoms with van der Waals surface area (Å²) in [6.45, 7) is 7.67. The van der Waals surface area contributed by atoms with Gasteiger partial charge in [-0.05, 0) is 32.9 Å². The predicted octanol–water partition coefficient (Wildman–Crippen LogP) is 1.68. The molecule has 6 nitrogen and oxygen atoms in total. The Labute approximate surface area is 153 Å². The van der Waals surface area contributed by atoms with Crippen LogP contribution in [0.3, 0.4) is 0 Å². The van der Waals surface area contributed by atoms with Crippen LogP contribution in [-0.4, -0.2) is 53.8 Å². The number of fused-ring (bicyclic) bond motifs is 1. The van der Waals surface area contributed by atoms with Crippen molar-refractivity contribution in [1.82, 2.24) is 14.8 Å². The average molecular weight is 357 g/mol. The number of rotatable bonds is 4. The van der Waals surface area contributed by atoms with Crippen LogP contribution in [0.5, 0.6) is 0 Å². The van der Waals surface area contributed by atoms with E-state index in [0.717, 1.165) is 24.2 Å². The second-order valence-electron chi connectivity index (χ2n) is 7.41. The highest BCUT2D eigenvalue weighted by molar-refractivity contribution is 5.97. The predicted molar refractivity (Wildman–Crippen MR) is 103 cm³/mol. The van der Waals surface area contributed by atoms with Gasteiger partial charge in [-0.2, -0.15) is 0 Å². The zero-order valence-electron chi connectivity index (χ0n) is 16.1. The van der Waals surface area contributed by atoms with Crippen molar-refractivity contribution in [2.75, 3.05) is 20.2 Å². The summed E-state index contributed by atoms with van der Waals surface area (Å²) < 4.78 is 7.37. The van der Waals surface area contributed by atoms with Gasteiger partial charge in [-0.25, -0.2) is 0 Å². The number of methoxy groups -OCH3 is 1. The monoisotopic (exact) mass is 357 g/mol. The molecule has 26 heavy (non-hydrogen) atoms. The van der Waals surface area contributed by atoms with Crippen LogP contribution >= 0.6 is 0 Å². The topological polar surface area (TPSA) is 63.6 Å². The first kappa shape index (κ1) is 18.6. The molecule has 2 heterocycles. The second kappa shape index (κ2) is 7.21. The average Bonchev–Trinajstić information content (AvgIpc) is 3.01. The Kier molecular flexibility index (Phi) is 5.16. The van der Waals surface area contributed by atoms with Gasteiger partial charge >= 0.3 is 0 Å². The van der Waals surface area contributed by atoms with Gasteiger partial charge in [-0.15, -0.1) is 0 Å². The van der Waals surface area contributed by atoms with Crippen LogP contribution in [0.15, 0.2) is 29.2 Å². The Morgan fingerprint density at radius 3 is 2.69 bits per heavy atom. The van der Waals surface area contributed by atoms with Gasteiger partial charge in [0.05, 0.1) is 17.7 Å². The molecule has 0 unspecified atom stereocenters. The van der Waals surface area contributed by atoms with Crippen LogP contribution in [0.4, 0.5) is 0 Å². The number of hydrogen-bond acceptors (Lipinski definition) is 4. The van der Waals surface area contributed by atoms with Crippen LogP contribution in [0.25, 0.3) is 10.9 Å². The van der Waals surface area contributed by atoms with Gasteiger partial charge in [0.15, 0.2) is 0 Å². The van der Waals surface area contributed by atoms with Crippen molar-refractivity contribution < 1.29 is 9.53 Å². The molecule has 1 fully saturated rings. The van der Waals surface area contributed by atoms with Gasteiger partial charge in [0.25, 0.3) is 5.91 Å². The van der Waals surface area contributed by atoms with Gasteiger partial charge in [0, 0.05) is 44.9 Å². The Morgan fingerprint density at radius 1 is 1.31 bits per heavy atom. The largest absolute Gasteiger partial charge is 0.378 e. The highest BCUT2D eigenvalue weighted by atomic mass is 16.5. The third-order valence-electron chi connectivity index (χ3n) is 5.23. The second-order valence-corrected chi connectivity index (χ2v) is 7.41. The van der Waals surface area contributed by atoms with Gasteiger partial charge in [0.1, 0.15) is 5.56 Å². The van der Waals surface area contributed by atoms with Gasteiger partial charge in [0.2, 0.25) is 5.43 Å². The molecule has 6 heteroatoms. The molecule has 0 radical (unpaired) electrons. The van der Waals surface area contributed by atoms with Gasteiger partial charge in [-0.1, -0.05) is 11.6 Å². The summed E-state index contributed by atoms with van der Waals surface area (Å²) >= 11 is 0. The van der Waals surface area contributed by atoms with E-state index < -0.39 is 0 Å². The summed E-state index contributed by atoms with van der Waals surface area (Å²) in [4.78, 5) is 28.0. The lowest BCUT2D eigenvalue weighted by atomic mass is 10.1. The quantitative estimate of drug-likeness (QED) is 0.904. The molecule has 2 atom stereocenters. The number of nitrogens with zero attached hydrogens (tertiary/aromatic N) is 2. The van der Waals surface area contributed by atoms with Crippen LogP contribution in [0.1, 0.15) is 29.8 Å². The van der Waals surface area contributed by atoms with Crippen molar-refractivity contribution in [3.8, 4) is 0 Å². The van der Waals surface area contributed by atoms with Crippen molar-refractivity contribution in [2.24, 2.45) is 7.05 Å². The lowest BCUT2D eigenvalue weighted by Gasteiger charge is -2.20. The molecule has 1 N–H and O–H groups in total. The SMILES string of the molecule is CO[C@H]1CN(C(C)C)C[C@@H]1NC(=O)c1cn(C)c2ccc(C)cc2c1=O. The molecule has 3 rings (SSSR count). The lowest BCUT2D eigenvalue weighted by molar-refractivity contribution is 0.0752. The first-order chi connectivity index (χ1) is 12.3. The number of aryl methyl sites for hydroxylation is 2. The smallest absolute Gasteiger partial charge is 0.257 e. The van der Waals surface area contributed by atoms with Crippen molar-refractivity contribution in [3.05, 3.63) is 45.7 Å². The molecule has 2 aromatic rings. The van der Waals surface area contributed by atoms with Crippen molar-refractivity contribution in [2.45, 2.75) is 39.0 Å². The van der Waals surface area contributed by atoms with E-state index in [1.54, 1.807) is 13.3 Å². The highest BCUT2D eigenvalue weighted by Crippen LogP contribution is 2.17. The Morgan fingerprint density at radius 2 is 2.04 bits per heavy atom. The van der Waals surface area contributed by atoms with E-state index in [0.29, 0.717) is 11.4 Å². The van der Waals surface area contributed by atoms with Gasteiger partial charge < -0.3 is 14.6 Å². The Hall–Kier alpha value is -2.18. The minimum absolute atomic E-state index is 0.0760. The number of likely N-dealkylation sites (tertiary alicyclic amines) is 1. The molecule has 1 aromatic heterocycles. The first-order valence-electron chi connectivity index (χ1n) is 8.99. The summed E-state index contributed by atoms with van der Waals surface area (Å²) in [6, 6.07) is 5.96. The number of ether oxygens (including phenoxy) is 1. The van der Waals surface area contributed by atoms with E-state index in [4.69, 9.17) is 4.74 Å². The Bertz CT molecular complexity index is 888. The maximum Gasteiger partial charge on any atom is 0.257 e. The van der Waals surface area contributed by atoms with E-state index in [-0.39, 0.29) is 29.0 Å². The molecule has 0 aliphatic carbocycles. The fourth-order valence-corrected chi connectivity index (χ4v) is 3.62. The number of amides is 1. The number of hydrogen-bond donors (Lipinski definition) is 1. The van der Waals surface area contributed by atoms with Gasteiger partial charge in [-0.3, -0.25) is 14.5 Å². The van der Waals surface area contributed by atoms with E-state index in [1.165, 1.54) is 0 Å². The molecular formula is C20H27N3O3. The van der Waals surface area contributed by atoms with Crippen LogP contribution in [0.2, 0.25) is 0 Å². The number of pyridine rings is 1. The zero-order chi connectivity index (χ0) is 19.0. The fraction of sp³-hybridized carbons (Fsp3) is 0.500. The standard InChI is InChI=1S/C20H27N3O3/c1-12(2)23-10-16(18(11-23)26-5)21-20(25)15-9-22(4)17-7-6-13(3)8-14(17)19(15)24/h6-9,12,16,18H,10-11H2,1-5H3,(H,21,25)/t16-,18-/m0/s1. The Balaban J connectivity index is 1.91. The van der Waals surface area contributed by atoms with E-state index in [2.05, 4.69) is 24.1 Å². The zero-order valence-corrected chi connectivity index (χ0v) is 16.1. The van der Waals surface area contributed by atoms with Crippen LogP contribution in [0, 0.1) is 6.92 Å². The summed E-state index contributed by atoms with van der Waals surface area (Å²) in [6.07, 6.45) is 1.54. The third-order valence-corrected chi connectivity index (χ3v) is 5.23.